The number of hydrogen-bond acceptors (Lipinski definition) is 3. The molecular weight excluding hydrogens is 312 g/mol. The lowest BCUT2D eigenvalue weighted by atomic mass is 9.78. The topological polar surface area (TPSA) is 64.0 Å². The number of nitrogens with one attached hydrogen (secondary N) is 1. The van der Waals surface area contributed by atoms with Crippen molar-refractivity contribution in [3.05, 3.63) is 47.8 Å². The number of halogens is 2. The average molecular weight is 327 g/mol. The summed E-state index contributed by atoms with van der Waals surface area (Å²) in [6.07, 6.45) is 0.460. The first-order valence-corrected chi connectivity index (χ1v) is 8.32. The Hall–Kier alpha value is -1.80. The minimum absolute atomic E-state index is 0.0965. The molecule has 118 valence electrons. The fraction of sp³-hybridized carbons (Fsp3) is 0.357. The molecule has 0 bridgehead atoms. The minimum atomic E-state index is -3.73. The molecule has 0 radical (unpaired) electrons. The smallest absolute Gasteiger partial charge is 0.257 e. The van der Waals surface area contributed by atoms with Crippen LogP contribution in [0.3, 0.4) is 0 Å². The lowest BCUT2D eigenvalue weighted by molar-refractivity contribution is 0.121. The zero-order chi connectivity index (χ0) is 15.7. The maximum atomic E-state index is 12.2. The fourth-order valence-corrected chi connectivity index (χ4v) is 3.60. The van der Waals surface area contributed by atoms with Gasteiger partial charge < -0.3 is 0 Å². The van der Waals surface area contributed by atoms with Gasteiger partial charge in [0.15, 0.2) is 0 Å². The van der Waals surface area contributed by atoms with Crippen molar-refractivity contribution >= 4 is 10.0 Å². The van der Waals surface area contributed by atoms with Crippen LogP contribution in [0, 0.1) is 0 Å². The third-order valence-electron chi connectivity index (χ3n) is 3.73. The highest BCUT2D eigenvalue weighted by Crippen LogP contribution is 2.34. The highest BCUT2D eigenvalue weighted by atomic mass is 32.2. The molecule has 2 aromatic rings. The van der Waals surface area contributed by atoms with Crippen LogP contribution < -0.4 is 4.72 Å². The van der Waals surface area contributed by atoms with Gasteiger partial charge >= 0.3 is 0 Å². The van der Waals surface area contributed by atoms with Crippen LogP contribution in [0.2, 0.25) is 0 Å². The first-order valence-electron chi connectivity index (χ1n) is 6.84. The minimum Gasteiger partial charge on any atom is -0.266 e. The summed E-state index contributed by atoms with van der Waals surface area (Å²) >= 11 is 0. The van der Waals surface area contributed by atoms with Gasteiger partial charge in [0.1, 0.15) is 11.4 Å². The predicted molar refractivity (Wildman–Crippen MR) is 76.3 cm³/mol. The van der Waals surface area contributed by atoms with Crippen molar-refractivity contribution in [3.63, 3.8) is 0 Å². The highest BCUT2D eigenvalue weighted by Gasteiger charge is 2.27. The molecule has 1 heterocycles. The van der Waals surface area contributed by atoms with Crippen LogP contribution in [0.5, 0.6) is 0 Å². The normalized spacial score (nSPS) is 17.3. The number of nitrogens with zero attached hydrogens (tertiary/aromatic N) is 2. The second-order valence-electron chi connectivity index (χ2n) is 5.24. The Morgan fingerprint density at radius 3 is 2.86 bits per heavy atom. The number of rotatable bonds is 6. The average Bonchev–Trinajstić information content (AvgIpc) is 2.88. The molecule has 0 aliphatic heterocycles. The molecule has 0 saturated carbocycles. The van der Waals surface area contributed by atoms with Gasteiger partial charge in [-0.3, -0.25) is 4.68 Å². The number of hydrogen-bond donors (Lipinski definition) is 1. The SMILES string of the molecule is O=S(=O)(NCC1Cc2ccccc21)c1cnn(CC(F)F)c1. The van der Waals surface area contributed by atoms with E-state index >= 15 is 0 Å². The molecule has 5 nitrogen and oxygen atoms in total. The first-order chi connectivity index (χ1) is 10.5. The Labute approximate surface area is 127 Å². The largest absolute Gasteiger partial charge is 0.266 e. The molecule has 0 fully saturated rings. The number of aromatic nitrogens is 2. The van der Waals surface area contributed by atoms with E-state index in [1.807, 2.05) is 24.3 Å². The standard InChI is InChI=1S/C14H15F2N3O2S/c15-14(16)9-19-8-12(7-17-19)22(20,21)18-6-11-5-10-3-1-2-4-13(10)11/h1-4,7-8,11,14,18H,5-6,9H2. The molecule has 0 spiro atoms. The van der Waals surface area contributed by atoms with Gasteiger partial charge in [-0.05, 0) is 17.5 Å². The van der Waals surface area contributed by atoms with Crippen LogP contribution in [0.15, 0.2) is 41.6 Å². The highest BCUT2D eigenvalue weighted by molar-refractivity contribution is 7.89. The van der Waals surface area contributed by atoms with Crippen LogP contribution in [-0.2, 0) is 23.0 Å². The van der Waals surface area contributed by atoms with Crippen LogP contribution in [0.4, 0.5) is 8.78 Å². The van der Waals surface area contributed by atoms with E-state index in [-0.39, 0.29) is 10.8 Å². The molecule has 0 saturated heterocycles. The monoisotopic (exact) mass is 327 g/mol. The van der Waals surface area contributed by atoms with Crippen LogP contribution in [0.25, 0.3) is 0 Å². The summed E-state index contributed by atoms with van der Waals surface area (Å²) < 4.78 is 52.2. The van der Waals surface area contributed by atoms with E-state index in [0.29, 0.717) is 6.54 Å². The number of benzene rings is 1. The predicted octanol–water partition coefficient (Wildman–Crippen LogP) is 1.77. The van der Waals surface area contributed by atoms with Gasteiger partial charge in [-0.2, -0.15) is 5.10 Å². The van der Waals surface area contributed by atoms with Gasteiger partial charge in [-0.1, -0.05) is 24.3 Å². The van der Waals surface area contributed by atoms with E-state index in [2.05, 4.69) is 9.82 Å². The van der Waals surface area contributed by atoms with Crippen molar-refractivity contribution in [1.29, 1.82) is 0 Å². The van der Waals surface area contributed by atoms with E-state index < -0.39 is 23.0 Å². The zero-order valence-corrected chi connectivity index (χ0v) is 12.4. The van der Waals surface area contributed by atoms with Crippen molar-refractivity contribution in [1.82, 2.24) is 14.5 Å². The molecule has 1 unspecified atom stereocenters. The van der Waals surface area contributed by atoms with Crippen molar-refractivity contribution in [2.45, 2.75) is 30.2 Å². The molecule has 1 N–H and O–H groups in total. The summed E-state index contributed by atoms with van der Waals surface area (Å²) in [5, 5.41) is 3.64. The van der Waals surface area contributed by atoms with Gasteiger partial charge in [0, 0.05) is 18.7 Å². The van der Waals surface area contributed by atoms with E-state index in [9.17, 15) is 17.2 Å². The molecular formula is C14H15F2N3O2S. The molecule has 1 aliphatic rings. The Bertz CT molecular complexity index is 774. The van der Waals surface area contributed by atoms with E-state index in [1.165, 1.54) is 5.56 Å². The van der Waals surface area contributed by atoms with E-state index in [1.54, 1.807) is 0 Å². The molecule has 1 aliphatic carbocycles. The van der Waals surface area contributed by atoms with Gasteiger partial charge in [-0.15, -0.1) is 0 Å². The van der Waals surface area contributed by atoms with E-state index in [0.717, 1.165) is 29.1 Å². The van der Waals surface area contributed by atoms with Crippen molar-refractivity contribution in [2.75, 3.05) is 6.54 Å². The van der Waals surface area contributed by atoms with Crippen LogP contribution in [0.1, 0.15) is 17.0 Å². The first kappa shape index (κ1) is 15.1. The molecule has 22 heavy (non-hydrogen) atoms. The quantitative estimate of drug-likeness (QED) is 0.879. The molecule has 8 heteroatoms. The van der Waals surface area contributed by atoms with E-state index in [4.69, 9.17) is 0 Å². The zero-order valence-electron chi connectivity index (χ0n) is 11.6. The van der Waals surface area contributed by atoms with Gasteiger partial charge in [-0.25, -0.2) is 21.9 Å². The fourth-order valence-electron chi connectivity index (χ4n) is 2.56. The Kier molecular flexibility index (Phi) is 3.96. The molecule has 0 amide bonds. The number of fused-ring (bicyclic) bond motifs is 1. The molecule has 1 aromatic carbocycles. The second-order valence-corrected chi connectivity index (χ2v) is 7.01. The lowest BCUT2D eigenvalue weighted by Crippen LogP contribution is -2.33. The Morgan fingerprint density at radius 1 is 1.36 bits per heavy atom. The van der Waals surface area contributed by atoms with Gasteiger partial charge in [0.2, 0.25) is 10.0 Å². The molecule has 1 aromatic heterocycles. The third-order valence-corrected chi connectivity index (χ3v) is 5.10. The van der Waals surface area contributed by atoms with Crippen molar-refractivity contribution in [3.8, 4) is 0 Å². The van der Waals surface area contributed by atoms with Crippen molar-refractivity contribution < 1.29 is 17.2 Å². The van der Waals surface area contributed by atoms with Crippen molar-refractivity contribution in [2.24, 2.45) is 0 Å². The van der Waals surface area contributed by atoms with Crippen LogP contribution >= 0.6 is 0 Å². The lowest BCUT2D eigenvalue weighted by Gasteiger charge is -2.30. The summed E-state index contributed by atoms with van der Waals surface area (Å²) in [7, 11) is -3.73. The molecule has 3 rings (SSSR count). The summed E-state index contributed by atoms with van der Waals surface area (Å²) in [4.78, 5) is -0.0965. The maximum Gasteiger partial charge on any atom is 0.257 e. The summed E-state index contributed by atoms with van der Waals surface area (Å²) in [6, 6.07) is 7.89. The maximum absolute atomic E-state index is 12.2. The number of sulfonamides is 1. The molecule has 1 atom stereocenters. The summed E-state index contributed by atoms with van der Waals surface area (Å²) in [5.41, 5.74) is 2.38. The van der Waals surface area contributed by atoms with Gasteiger partial charge in [0.25, 0.3) is 6.43 Å². The summed E-state index contributed by atoms with van der Waals surface area (Å²) in [6.45, 7) is -0.328. The Balaban J connectivity index is 1.64. The second kappa shape index (κ2) is 5.77. The Morgan fingerprint density at radius 2 is 2.14 bits per heavy atom. The summed E-state index contributed by atoms with van der Waals surface area (Å²) in [5.74, 6) is 0.155. The van der Waals surface area contributed by atoms with Gasteiger partial charge in [0.05, 0.1) is 6.20 Å². The third kappa shape index (κ3) is 3.02. The van der Waals surface area contributed by atoms with Crippen LogP contribution in [-0.4, -0.2) is 31.2 Å². The number of alkyl halides is 2.